The molecule has 0 radical (unpaired) electrons. The SMILES string of the molecule is COc1cc(F)c(C2(CN)CCCCC2)cc1OC. The molecule has 0 spiro atoms. The van der Waals surface area contributed by atoms with Crippen LogP contribution in [0.25, 0.3) is 0 Å². The number of rotatable bonds is 4. The zero-order valence-electron chi connectivity index (χ0n) is 11.7. The quantitative estimate of drug-likeness (QED) is 0.912. The lowest BCUT2D eigenvalue weighted by Crippen LogP contribution is -2.38. The Kier molecular flexibility index (Phi) is 4.30. The Morgan fingerprint density at radius 2 is 1.68 bits per heavy atom. The predicted octanol–water partition coefficient (Wildman–Crippen LogP) is 3.00. The molecule has 1 aromatic carbocycles. The topological polar surface area (TPSA) is 44.5 Å². The molecule has 3 nitrogen and oxygen atoms in total. The molecule has 4 heteroatoms. The van der Waals surface area contributed by atoms with Crippen LogP contribution in [0.3, 0.4) is 0 Å². The molecule has 0 amide bonds. The number of benzene rings is 1. The van der Waals surface area contributed by atoms with E-state index in [2.05, 4.69) is 0 Å². The Bertz CT molecular complexity index is 442. The van der Waals surface area contributed by atoms with E-state index in [-0.39, 0.29) is 11.2 Å². The minimum absolute atomic E-state index is 0.245. The van der Waals surface area contributed by atoms with E-state index in [0.717, 1.165) is 25.7 Å². The molecule has 19 heavy (non-hydrogen) atoms. The van der Waals surface area contributed by atoms with Crippen LogP contribution in [-0.2, 0) is 5.41 Å². The minimum atomic E-state index is -0.248. The van der Waals surface area contributed by atoms with Crippen molar-refractivity contribution in [3.63, 3.8) is 0 Å². The summed E-state index contributed by atoms with van der Waals surface area (Å²) in [5, 5.41) is 0. The fraction of sp³-hybridized carbons (Fsp3) is 0.600. The lowest BCUT2D eigenvalue weighted by atomic mass is 9.69. The maximum Gasteiger partial charge on any atom is 0.163 e. The van der Waals surface area contributed by atoms with Crippen molar-refractivity contribution in [1.82, 2.24) is 0 Å². The average Bonchev–Trinajstić information content (AvgIpc) is 2.47. The fourth-order valence-electron chi connectivity index (χ4n) is 3.07. The van der Waals surface area contributed by atoms with E-state index in [1.807, 2.05) is 0 Å². The summed E-state index contributed by atoms with van der Waals surface area (Å²) >= 11 is 0. The van der Waals surface area contributed by atoms with Crippen molar-refractivity contribution >= 4 is 0 Å². The maximum absolute atomic E-state index is 14.4. The molecule has 0 heterocycles. The summed E-state index contributed by atoms with van der Waals surface area (Å²) in [6, 6.07) is 3.16. The van der Waals surface area contributed by atoms with E-state index < -0.39 is 0 Å². The molecule has 1 saturated carbocycles. The normalized spacial score (nSPS) is 18.1. The van der Waals surface area contributed by atoms with Gasteiger partial charge in [0.1, 0.15) is 5.82 Å². The molecule has 0 aliphatic heterocycles. The van der Waals surface area contributed by atoms with E-state index in [9.17, 15) is 4.39 Å². The number of halogens is 1. The van der Waals surface area contributed by atoms with Gasteiger partial charge in [-0.25, -0.2) is 4.39 Å². The Hall–Kier alpha value is -1.29. The zero-order valence-corrected chi connectivity index (χ0v) is 11.7. The van der Waals surface area contributed by atoms with Gasteiger partial charge in [-0.1, -0.05) is 19.3 Å². The third-order valence-corrected chi connectivity index (χ3v) is 4.25. The number of hydrogen-bond donors (Lipinski definition) is 1. The summed E-state index contributed by atoms with van der Waals surface area (Å²) in [5.41, 5.74) is 6.39. The molecule has 106 valence electrons. The van der Waals surface area contributed by atoms with Crippen molar-refractivity contribution < 1.29 is 13.9 Å². The second kappa shape index (κ2) is 5.78. The highest BCUT2D eigenvalue weighted by Gasteiger charge is 2.35. The summed E-state index contributed by atoms with van der Waals surface area (Å²) in [7, 11) is 3.08. The molecule has 2 rings (SSSR count). The van der Waals surface area contributed by atoms with Crippen LogP contribution < -0.4 is 15.2 Å². The first kappa shape index (κ1) is 14.1. The van der Waals surface area contributed by atoms with Gasteiger partial charge in [0.25, 0.3) is 0 Å². The number of ether oxygens (including phenoxy) is 2. The van der Waals surface area contributed by atoms with Crippen LogP contribution in [0.4, 0.5) is 4.39 Å². The second-order valence-corrected chi connectivity index (χ2v) is 5.23. The molecule has 0 bridgehead atoms. The molecular weight excluding hydrogens is 245 g/mol. The standard InChI is InChI=1S/C15H22FNO2/c1-18-13-8-11(12(16)9-14(13)19-2)15(10-17)6-4-3-5-7-15/h8-9H,3-7,10,17H2,1-2H3. The van der Waals surface area contributed by atoms with Crippen LogP contribution in [0.1, 0.15) is 37.7 Å². The maximum atomic E-state index is 14.4. The number of nitrogens with two attached hydrogens (primary N) is 1. The molecular formula is C15H22FNO2. The fourth-order valence-corrected chi connectivity index (χ4v) is 3.07. The highest BCUT2D eigenvalue weighted by atomic mass is 19.1. The molecule has 2 N–H and O–H groups in total. The monoisotopic (exact) mass is 267 g/mol. The molecule has 0 atom stereocenters. The highest BCUT2D eigenvalue weighted by Crippen LogP contribution is 2.43. The average molecular weight is 267 g/mol. The van der Waals surface area contributed by atoms with Crippen LogP contribution in [-0.4, -0.2) is 20.8 Å². The molecule has 1 fully saturated rings. The molecule has 1 aromatic rings. The molecule has 1 aliphatic carbocycles. The van der Waals surface area contributed by atoms with Crippen molar-refractivity contribution in [2.45, 2.75) is 37.5 Å². The lowest BCUT2D eigenvalue weighted by molar-refractivity contribution is 0.287. The Balaban J connectivity index is 2.47. The van der Waals surface area contributed by atoms with Gasteiger partial charge in [0.15, 0.2) is 11.5 Å². The highest BCUT2D eigenvalue weighted by molar-refractivity contribution is 5.46. The summed E-state index contributed by atoms with van der Waals surface area (Å²) in [4.78, 5) is 0. The van der Waals surface area contributed by atoms with Crippen molar-refractivity contribution in [1.29, 1.82) is 0 Å². The van der Waals surface area contributed by atoms with Gasteiger partial charge in [-0.15, -0.1) is 0 Å². The third-order valence-electron chi connectivity index (χ3n) is 4.25. The number of hydrogen-bond acceptors (Lipinski definition) is 3. The van der Waals surface area contributed by atoms with E-state index in [0.29, 0.717) is 23.6 Å². The van der Waals surface area contributed by atoms with E-state index >= 15 is 0 Å². The van der Waals surface area contributed by atoms with Crippen molar-refractivity contribution in [3.8, 4) is 11.5 Å². The van der Waals surface area contributed by atoms with Crippen LogP contribution in [0.2, 0.25) is 0 Å². The van der Waals surface area contributed by atoms with Gasteiger partial charge in [-0.05, 0) is 24.5 Å². The van der Waals surface area contributed by atoms with Crippen LogP contribution in [0, 0.1) is 5.82 Å². The van der Waals surface area contributed by atoms with E-state index in [1.165, 1.54) is 19.6 Å². The summed E-state index contributed by atoms with van der Waals surface area (Å²) in [5.74, 6) is 0.744. The van der Waals surface area contributed by atoms with Crippen molar-refractivity contribution in [2.24, 2.45) is 5.73 Å². The van der Waals surface area contributed by atoms with Crippen LogP contribution in [0.5, 0.6) is 11.5 Å². The van der Waals surface area contributed by atoms with Crippen molar-refractivity contribution in [3.05, 3.63) is 23.5 Å². The second-order valence-electron chi connectivity index (χ2n) is 5.23. The first-order valence-electron chi connectivity index (χ1n) is 6.79. The van der Waals surface area contributed by atoms with Crippen LogP contribution >= 0.6 is 0 Å². The summed E-state index contributed by atoms with van der Waals surface area (Å²) in [6.07, 6.45) is 5.29. The summed E-state index contributed by atoms with van der Waals surface area (Å²) < 4.78 is 24.8. The molecule has 0 unspecified atom stereocenters. The first-order valence-corrected chi connectivity index (χ1v) is 6.79. The zero-order chi connectivity index (χ0) is 13.9. The van der Waals surface area contributed by atoms with E-state index in [4.69, 9.17) is 15.2 Å². The number of methoxy groups -OCH3 is 2. The Morgan fingerprint density at radius 3 is 2.21 bits per heavy atom. The van der Waals surface area contributed by atoms with Gasteiger partial charge < -0.3 is 15.2 Å². The van der Waals surface area contributed by atoms with Gasteiger partial charge in [0, 0.05) is 18.0 Å². The largest absolute Gasteiger partial charge is 0.493 e. The third kappa shape index (κ3) is 2.54. The predicted molar refractivity (Wildman–Crippen MR) is 73.3 cm³/mol. The first-order chi connectivity index (χ1) is 9.16. The Morgan fingerprint density at radius 1 is 1.11 bits per heavy atom. The summed E-state index contributed by atoms with van der Waals surface area (Å²) in [6.45, 7) is 0.472. The lowest BCUT2D eigenvalue weighted by Gasteiger charge is -2.37. The van der Waals surface area contributed by atoms with Gasteiger partial charge in [-0.3, -0.25) is 0 Å². The van der Waals surface area contributed by atoms with Gasteiger partial charge in [-0.2, -0.15) is 0 Å². The van der Waals surface area contributed by atoms with Crippen molar-refractivity contribution in [2.75, 3.05) is 20.8 Å². The molecule has 1 aliphatic rings. The smallest absolute Gasteiger partial charge is 0.163 e. The molecule has 0 saturated heterocycles. The van der Waals surface area contributed by atoms with Gasteiger partial charge in [0.05, 0.1) is 14.2 Å². The van der Waals surface area contributed by atoms with Gasteiger partial charge >= 0.3 is 0 Å². The molecule has 0 aromatic heterocycles. The van der Waals surface area contributed by atoms with E-state index in [1.54, 1.807) is 13.2 Å². The van der Waals surface area contributed by atoms with Gasteiger partial charge in [0.2, 0.25) is 0 Å². The van der Waals surface area contributed by atoms with Crippen LogP contribution in [0.15, 0.2) is 12.1 Å². The minimum Gasteiger partial charge on any atom is -0.493 e. The Labute approximate surface area is 113 Å².